The Hall–Kier alpha value is -3.37. The van der Waals surface area contributed by atoms with Gasteiger partial charge in [0.05, 0.1) is 17.2 Å². The molecule has 0 fully saturated rings. The fourth-order valence-corrected chi connectivity index (χ4v) is 1.59. The molecular weight excluding hydrogens is 296 g/mol. The summed E-state index contributed by atoms with van der Waals surface area (Å²) in [6.45, 7) is -0.0347. The monoisotopic (exact) mass is 309 g/mol. The van der Waals surface area contributed by atoms with E-state index in [1.807, 2.05) is 0 Å². The van der Waals surface area contributed by atoms with Crippen LogP contribution in [0.25, 0.3) is 0 Å². The first-order valence-electron chi connectivity index (χ1n) is 5.93. The van der Waals surface area contributed by atoms with E-state index in [1.165, 1.54) is 19.2 Å². The van der Waals surface area contributed by atoms with Crippen molar-refractivity contribution in [2.24, 2.45) is 10.9 Å². The van der Waals surface area contributed by atoms with Gasteiger partial charge in [0.1, 0.15) is 6.61 Å². The SMILES string of the molecule is COc1ccc(CON=C(N)c2no[nH+]c2N)cc1[N+](=O)[O-]. The number of ether oxygens (including phenoxy) is 1. The first kappa shape index (κ1) is 15.0. The van der Waals surface area contributed by atoms with Gasteiger partial charge in [-0.3, -0.25) is 10.1 Å². The molecule has 0 aliphatic heterocycles. The van der Waals surface area contributed by atoms with Crippen LogP contribution in [-0.4, -0.2) is 23.0 Å². The second-order valence-electron chi connectivity index (χ2n) is 4.06. The Morgan fingerprint density at radius 3 is 2.95 bits per heavy atom. The molecule has 0 radical (unpaired) electrons. The Labute approximate surface area is 123 Å². The van der Waals surface area contributed by atoms with Crippen molar-refractivity contribution in [2.75, 3.05) is 12.8 Å². The van der Waals surface area contributed by atoms with Gasteiger partial charge in [-0.2, -0.15) is 0 Å². The van der Waals surface area contributed by atoms with E-state index in [0.717, 1.165) is 0 Å². The summed E-state index contributed by atoms with van der Waals surface area (Å²) in [5.41, 5.74) is 11.6. The Balaban J connectivity index is 2.07. The topological polar surface area (TPSA) is 166 Å². The number of nitro groups is 1. The molecule has 5 N–H and O–H groups in total. The van der Waals surface area contributed by atoms with Crippen LogP contribution in [-0.2, 0) is 11.4 Å². The van der Waals surface area contributed by atoms with Crippen LogP contribution in [0.3, 0.4) is 0 Å². The van der Waals surface area contributed by atoms with E-state index < -0.39 is 4.92 Å². The maximum Gasteiger partial charge on any atom is 0.311 e. The highest BCUT2D eigenvalue weighted by molar-refractivity contribution is 5.98. The number of anilines is 1. The first-order valence-corrected chi connectivity index (χ1v) is 5.93. The Morgan fingerprint density at radius 1 is 1.59 bits per heavy atom. The minimum absolute atomic E-state index is 0.0347. The average molecular weight is 309 g/mol. The molecule has 0 aliphatic rings. The quantitative estimate of drug-likeness (QED) is 0.321. The number of amidine groups is 1. The number of hydrogen-bond donors (Lipinski definition) is 2. The number of aromatic amines is 1. The second-order valence-corrected chi connectivity index (χ2v) is 4.06. The summed E-state index contributed by atoms with van der Waals surface area (Å²) in [4.78, 5) is 15.4. The molecule has 0 aliphatic carbocycles. The third-order valence-corrected chi connectivity index (χ3v) is 2.62. The molecule has 11 nitrogen and oxygen atoms in total. The lowest BCUT2D eigenvalue weighted by Crippen LogP contribution is -2.18. The zero-order chi connectivity index (χ0) is 16.1. The zero-order valence-corrected chi connectivity index (χ0v) is 11.5. The van der Waals surface area contributed by atoms with Gasteiger partial charge >= 0.3 is 17.2 Å². The Bertz CT molecular complexity index is 713. The van der Waals surface area contributed by atoms with Crippen LogP contribution in [0.2, 0.25) is 0 Å². The number of nitrogens with zero attached hydrogens (tertiary/aromatic N) is 3. The smallest absolute Gasteiger partial charge is 0.311 e. The van der Waals surface area contributed by atoms with Gasteiger partial charge in [0.15, 0.2) is 5.75 Å². The van der Waals surface area contributed by atoms with E-state index in [4.69, 9.17) is 21.0 Å². The number of H-pyrrole nitrogens is 1. The highest BCUT2D eigenvalue weighted by Gasteiger charge is 2.18. The third-order valence-electron chi connectivity index (χ3n) is 2.62. The van der Waals surface area contributed by atoms with Crippen molar-refractivity contribution in [1.29, 1.82) is 0 Å². The number of hydrogen-bond acceptors (Lipinski definition) is 8. The van der Waals surface area contributed by atoms with Crippen LogP contribution < -0.4 is 21.4 Å². The van der Waals surface area contributed by atoms with Gasteiger partial charge < -0.3 is 21.0 Å². The number of aromatic nitrogens is 2. The van der Waals surface area contributed by atoms with E-state index in [1.54, 1.807) is 6.07 Å². The number of nitrogens with two attached hydrogens (primary N) is 2. The van der Waals surface area contributed by atoms with Crippen molar-refractivity contribution in [3.8, 4) is 5.75 Å². The van der Waals surface area contributed by atoms with E-state index in [9.17, 15) is 10.1 Å². The van der Waals surface area contributed by atoms with E-state index >= 15 is 0 Å². The molecule has 116 valence electrons. The van der Waals surface area contributed by atoms with Gasteiger partial charge in [-0.1, -0.05) is 16.4 Å². The van der Waals surface area contributed by atoms with Crippen LogP contribution in [0.5, 0.6) is 5.75 Å². The summed E-state index contributed by atoms with van der Waals surface area (Å²) in [6.07, 6.45) is 0. The predicted molar refractivity (Wildman–Crippen MR) is 72.6 cm³/mol. The van der Waals surface area contributed by atoms with Crippen LogP contribution in [0, 0.1) is 10.1 Å². The molecule has 0 unspecified atom stereocenters. The summed E-state index contributed by atoms with van der Waals surface area (Å²) >= 11 is 0. The largest absolute Gasteiger partial charge is 0.490 e. The molecule has 1 aromatic carbocycles. The number of methoxy groups -OCH3 is 1. The van der Waals surface area contributed by atoms with Crippen LogP contribution >= 0.6 is 0 Å². The Morgan fingerprint density at radius 2 is 2.36 bits per heavy atom. The molecule has 0 spiro atoms. The Kier molecular flexibility index (Phi) is 4.36. The van der Waals surface area contributed by atoms with E-state index in [2.05, 4.69) is 20.1 Å². The zero-order valence-electron chi connectivity index (χ0n) is 11.5. The van der Waals surface area contributed by atoms with Gasteiger partial charge in [-0.05, 0) is 11.6 Å². The van der Waals surface area contributed by atoms with Crippen molar-refractivity contribution < 1.29 is 24.3 Å². The van der Waals surface area contributed by atoms with E-state index in [0.29, 0.717) is 5.56 Å². The highest BCUT2D eigenvalue weighted by atomic mass is 16.6. The number of nitrogens with one attached hydrogen (secondary N) is 1. The second kappa shape index (κ2) is 6.39. The number of benzene rings is 1. The van der Waals surface area contributed by atoms with Gasteiger partial charge in [0.25, 0.3) is 0 Å². The van der Waals surface area contributed by atoms with Gasteiger partial charge in [0.2, 0.25) is 5.84 Å². The van der Waals surface area contributed by atoms with Crippen molar-refractivity contribution in [1.82, 2.24) is 5.16 Å². The predicted octanol–water partition coefficient (Wildman–Crippen LogP) is -0.175. The molecule has 0 amide bonds. The van der Waals surface area contributed by atoms with Gasteiger partial charge in [-0.15, -0.1) is 4.63 Å². The third kappa shape index (κ3) is 3.20. The molecule has 2 rings (SSSR count). The van der Waals surface area contributed by atoms with Crippen molar-refractivity contribution in [3.05, 3.63) is 39.6 Å². The molecule has 0 bridgehead atoms. The summed E-state index contributed by atoms with van der Waals surface area (Å²) in [6, 6.07) is 4.40. The lowest BCUT2D eigenvalue weighted by molar-refractivity contribution is -0.610. The van der Waals surface area contributed by atoms with Crippen molar-refractivity contribution in [3.63, 3.8) is 0 Å². The van der Waals surface area contributed by atoms with Crippen molar-refractivity contribution in [2.45, 2.75) is 6.61 Å². The molecule has 1 heterocycles. The maximum atomic E-state index is 10.9. The molecule has 0 saturated carbocycles. The lowest BCUT2D eigenvalue weighted by Gasteiger charge is -2.04. The fourth-order valence-electron chi connectivity index (χ4n) is 1.59. The minimum Gasteiger partial charge on any atom is -0.490 e. The lowest BCUT2D eigenvalue weighted by atomic mass is 10.2. The molecule has 11 heteroatoms. The standard InChI is InChI=1S/C11H12N6O5/c1-20-8-3-2-6(4-7(8)17(18)19)5-21-15-10(12)9-11(13)16-22-14-9/h2-4H,5H2,1H3,(H2,12,15)(H2,13,16)/p+1. The first-order chi connectivity index (χ1) is 10.5. The number of oxime groups is 1. The summed E-state index contributed by atoms with van der Waals surface area (Å²) in [7, 11) is 1.35. The molecule has 2 aromatic rings. The number of nitro benzene ring substituents is 1. The molecular formula is C11H13N6O5+. The molecule has 0 atom stereocenters. The summed E-state index contributed by atoms with van der Waals surface area (Å²) < 4.78 is 9.39. The molecule has 22 heavy (non-hydrogen) atoms. The fraction of sp³-hybridized carbons (Fsp3) is 0.182. The molecule has 1 aromatic heterocycles. The highest BCUT2D eigenvalue weighted by Crippen LogP contribution is 2.27. The maximum absolute atomic E-state index is 10.9. The van der Waals surface area contributed by atoms with Crippen LogP contribution in [0.1, 0.15) is 11.3 Å². The van der Waals surface area contributed by atoms with E-state index in [-0.39, 0.29) is 35.4 Å². The van der Waals surface area contributed by atoms with Gasteiger partial charge in [-0.25, -0.2) is 0 Å². The average Bonchev–Trinajstić information content (AvgIpc) is 2.93. The number of rotatable bonds is 6. The summed E-state index contributed by atoms with van der Waals surface area (Å²) in [5.74, 6) is 0.165. The van der Waals surface area contributed by atoms with Crippen molar-refractivity contribution >= 4 is 17.3 Å². The molecule has 0 saturated heterocycles. The summed E-state index contributed by atoms with van der Waals surface area (Å²) in [5, 5.41) is 20.3. The van der Waals surface area contributed by atoms with Crippen LogP contribution in [0.4, 0.5) is 11.5 Å². The minimum atomic E-state index is -0.550. The van der Waals surface area contributed by atoms with Gasteiger partial charge in [0, 0.05) is 6.07 Å². The number of nitrogen functional groups attached to an aromatic ring is 1. The van der Waals surface area contributed by atoms with Crippen LogP contribution in [0.15, 0.2) is 28.0 Å². The normalized spacial score (nSPS) is 11.2.